The topological polar surface area (TPSA) is 34.0 Å². The van der Waals surface area contributed by atoms with E-state index in [2.05, 4.69) is 33.5 Å². The first-order chi connectivity index (χ1) is 13.2. The molecule has 2 aromatic carbocycles. The molecule has 0 spiro atoms. The number of benzene rings is 2. The number of thiophene rings is 1. The van der Waals surface area contributed by atoms with E-state index >= 15 is 0 Å². The van der Waals surface area contributed by atoms with E-state index < -0.39 is 0 Å². The van der Waals surface area contributed by atoms with Gasteiger partial charge in [-0.1, -0.05) is 54.1 Å². The smallest absolute Gasteiger partial charge is 0.267 e. The summed E-state index contributed by atoms with van der Waals surface area (Å²) >= 11 is 7.68. The fraction of sp³-hybridized carbons (Fsp3) is 0.136. The van der Waals surface area contributed by atoms with Gasteiger partial charge in [-0.05, 0) is 47.2 Å². The van der Waals surface area contributed by atoms with Crippen LogP contribution in [0.4, 0.5) is 0 Å². The maximum atomic E-state index is 12.8. The average Bonchev–Trinajstić information content (AvgIpc) is 3.25. The number of halogens is 1. The molecule has 0 saturated heterocycles. The van der Waals surface area contributed by atoms with Crippen molar-refractivity contribution < 1.29 is 4.79 Å². The molecule has 0 aliphatic rings. The van der Waals surface area contributed by atoms with Crippen LogP contribution < -0.4 is 5.32 Å². The summed E-state index contributed by atoms with van der Waals surface area (Å²) in [5, 5.41) is 5.83. The first-order valence-electron chi connectivity index (χ1n) is 8.84. The fourth-order valence-electron chi connectivity index (χ4n) is 3.20. The average molecular weight is 395 g/mol. The van der Waals surface area contributed by atoms with Gasteiger partial charge in [0.05, 0.1) is 10.2 Å². The van der Waals surface area contributed by atoms with Crippen molar-refractivity contribution in [2.24, 2.45) is 0 Å². The Morgan fingerprint density at radius 1 is 1.00 bits per heavy atom. The Morgan fingerprint density at radius 3 is 2.63 bits per heavy atom. The Hall–Kier alpha value is -2.56. The highest BCUT2D eigenvalue weighted by Crippen LogP contribution is 2.26. The van der Waals surface area contributed by atoms with Crippen LogP contribution in [0.15, 0.2) is 72.1 Å². The number of amides is 1. The van der Waals surface area contributed by atoms with Crippen LogP contribution in [0, 0.1) is 0 Å². The quantitative estimate of drug-likeness (QED) is 0.468. The van der Waals surface area contributed by atoms with Crippen LogP contribution in [0.5, 0.6) is 0 Å². The van der Waals surface area contributed by atoms with Gasteiger partial charge >= 0.3 is 0 Å². The van der Waals surface area contributed by atoms with E-state index in [4.69, 9.17) is 11.6 Å². The molecule has 0 saturated carbocycles. The second-order valence-corrected chi connectivity index (χ2v) is 7.79. The molecule has 3 nitrogen and oxygen atoms in total. The van der Waals surface area contributed by atoms with E-state index in [1.54, 1.807) is 11.3 Å². The molecule has 0 unspecified atom stereocenters. The van der Waals surface area contributed by atoms with Gasteiger partial charge in [-0.2, -0.15) is 0 Å². The van der Waals surface area contributed by atoms with Gasteiger partial charge in [0.15, 0.2) is 0 Å². The molecule has 0 aliphatic heterocycles. The summed E-state index contributed by atoms with van der Waals surface area (Å²) in [6.45, 7) is 1.25. The van der Waals surface area contributed by atoms with Crippen molar-refractivity contribution in [1.29, 1.82) is 0 Å². The number of aromatic nitrogens is 1. The molecule has 0 radical (unpaired) electrons. The van der Waals surface area contributed by atoms with Crippen molar-refractivity contribution in [3.05, 3.63) is 94.0 Å². The predicted molar refractivity (Wildman–Crippen MR) is 113 cm³/mol. The van der Waals surface area contributed by atoms with Crippen LogP contribution >= 0.6 is 22.9 Å². The number of hydrogen-bond acceptors (Lipinski definition) is 2. The maximum Gasteiger partial charge on any atom is 0.267 e. The second-order valence-electron chi connectivity index (χ2n) is 6.41. The van der Waals surface area contributed by atoms with Crippen LogP contribution in [0.25, 0.3) is 10.2 Å². The molecule has 2 aromatic heterocycles. The molecule has 1 N–H and O–H groups in total. The molecule has 0 atom stereocenters. The number of rotatable bonds is 6. The van der Waals surface area contributed by atoms with Crippen LogP contribution in [0.2, 0.25) is 5.02 Å². The van der Waals surface area contributed by atoms with Crippen molar-refractivity contribution >= 4 is 39.1 Å². The lowest BCUT2D eigenvalue weighted by atomic mass is 10.1. The minimum Gasteiger partial charge on any atom is -0.350 e. The van der Waals surface area contributed by atoms with Gasteiger partial charge in [0.1, 0.15) is 5.69 Å². The van der Waals surface area contributed by atoms with Gasteiger partial charge in [-0.25, -0.2) is 0 Å². The van der Waals surface area contributed by atoms with E-state index in [9.17, 15) is 4.79 Å². The Morgan fingerprint density at radius 2 is 1.81 bits per heavy atom. The largest absolute Gasteiger partial charge is 0.350 e. The summed E-state index contributed by atoms with van der Waals surface area (Å²) in [4.78, 5) is 12.8. The summed E-state index contributed by atoms with van der Waals surface area (Å²) in [6.07, 6.45) is 0.750. The van der Waals surface area contributed by atoms with Gasteiger partial charge in [0, 0.05) is 18.1 Å². The predicted octanol–water partition coefficient (Wildman–Crippen LogP) is 5.38. The normalized spacial score (nSPS) is 11.0. The molecule has 27 heavy (non-hydrogen) atoms. The van der Waals surface area contributed by atoms with Crippen molar-refractivity contribution in [3.63, 3.8) is 0 Å². The standard InChI is InChI=1S/C22H19ClN2OS/c23-18-8-4-7-16(13-18)9-11-24-22(26)20-14-21-19(10-12-27-21)25(20)15-17-5-2-1-3-6-17/h1-8,10,12-14H,9,11,15H2,(H,24,26). The molecule has 0 fully saturated rings. The molecule has 1 amide bonds. The Kier molecular flexibility index (Phi) is 5.28. The van der Waals surface area contributed by atoms with E-state index in [-0.39, 0.29) is 5.91 Å². The lowest BCUT2D eigenvalue weighted by Gasteiger charge is -2.11. The summed E-state index contributed by atoms with van der Waals surface area (Å²) in [6, 6.07) is 22.0. The Labute approximate surface area is 167 Å². The van der Waals surface area contributed by atoms with Crippen LogP contribution in [0.3, 0.4) is 0 Å². The minimum atomic E-state index is -0.0450. The zero-order valence-electron chi connectivity index (χ0n) is 14.7. The minimum absolute atomic E-state index is 0.0450. The Bertz CT molecular complexity index is 1070. The first-order valence-corrected chi connectivity index (χ1v) is 10.1. The lowest BCUT2D eigenvalue weighted by molar-refractivity contribution is 0.0946. The number of carbonyl (C=O) groups excluding carboxylic acids is 1. The third-order valence-electron chi connectivity index (χ3n) is 4.53. The molecule has 5 heteroatoms. The highest BCUT2D eigenvalue weighted by atomic mass is 35.5. The van der Waals surface area contributed by atoms with Crippen molar-refractivity contribution in [3.8, 4) is 0 Å². The van der Waals surface area contributed by atoms with Gasteiger partial charge in [-0.15, -0.1) is 11.3 Å². The molecule has 0 aliphatic carbocycles. The summed E-state index contributed by atoms with van der Waals surface area (Å²) < 4.78 is 3.22. The fourth-order valence-corrected chi connectivity index (χ4v) is 4.24. The number of nitrogens with one attached hydrogen (secondary N) is 1. The second kappa shape index (κ2) is 7.99. The highest BCUT2D eigenvalue weighted by molar-refractivity contribution is 7.17. The Balaban J connectivity index is 1.51. The van der Waals surface area contributed by atoms with Crippen LogP contribution in [-0.4, -0.2) is 17.0 Å². The van der Waals surface area contributed by atoms with Crippen molar-refractivity contribution in [2.75, 3.05) is 6.54 Å². The molecular weight excluding hydrogens is 376 g/mol. The zero-order valence-corrected chi connectivity index (χ0v) is 16.3. The first kappa shape index (κ1) is 17.8. The summed E-state index contributed by atoms with van der Waals surface area (Å²) in [5.74, 6) is -0.0450. The molecule has 2 heterocycles. The molecule has 0 bridgehead atoms. The third kappa shape index (κ3) is 4.07. The monoisotopic (exact) mass is 394 g/mol. The third-order valence-corrected chi connectivity index (χ3v) is 5.62. The van der Waals surface area contributed by atoms with Crippen LogP contribution in [-0.2, 0) is 13.0 Å². The van der Waals surface area contributed by atoms with Gasteiger partial charge in [0.2, 0.25) is 0 Å². The van der Waals surface area contributed by atoms with Crippen LogP contribution in [0.1, 0.15) is 21.6 Å². The molecule has 136 valence electrons. The number of carbonyl (C=O) groups is 1. The molecular formula is C22H19ClN2OS. The zero-order chi connectivity index (χ0) is 18.6. The van der Waals surface area contributed by atoms with Crippen molar-refractivity contribution in [2.45, 2.75) is 13.0 Å². The summed E-state index contributed by atoms with van der Waals surface area (Å²) in [7, 11) is 0. The van der Waals surface area contributed by atoms with Gasteiger partial charge in [0.25, 0.3) is 5.91 Å². The molecule has 4 rings (SSSR count). The van der Waals surface area contributed by atoms with Gasteiger partial charge < -0.3 is 9.88 Å². The number of fused-ring (bicyclic) bond motifs is 1. The van der Waals surface area contributed by atoms with Crippen molar-refractivity contribution in [1.82, 2.24) is 9.88 Å². The van der Waals surface area contributed by atoms with Gasteiger partial charge in [-0.3, -0.25) is 4.79 Å². The number of nitrogens with zero attached hydrogens (tertiary/aromatic N) is 1. The van der Waals surface area contributed by atoms with E-state index in [0.717, 1.165) is 27.2 Å². The van der Waals surface area contributed by atoms with E-state index in [0.29, 0.717) is 18.8 Å². The maximum absolute atomic E-state index is 12.8. The SMILES string of the molecule is O=C(NCCc1cccc(Cl)c1)c1cc2sccc2n1Cc1ccccc1. The van der Waals surface area contributed by atoms with E-state index in [1.165, 1.54) is 5.56 Å². The van der Waals surface area contributed by atoms with E-state index in [1.807, 2.05) is 48.5 Å². The highest BCUT2D eigenvalue weighted by Gasteiger charge is 2.16. The molecule has 4 aromatic rings. The lowest BCUT2D eigenvalue weighted by Crippen LogP contribution is -2.28. The summed E-state index contributed by atoms with van der Waals surface area (Å²) in [5.41, 5.74) is 4.09. The number of hydrogen-bond donors (Lipinski definition) is 1.